The van der Waals surface area contributed by atoms with Crippen LogP contribution in [0.4, 0.5) is 0 Å². The van der Waals surface area contributed by atoms with Gasteiger partial charge in [-0.25, -0.2) is 0 Å². The van der Waals surface area contributed by atoms with E-state index >= 15 is 0 Å². The molecule has 1 aliphatic heterocycles. The highest BCUT2D eigenvalue weighted by molar-refractivity contribution is 5.82. The van der Waals surface area contributed by atoms with Crippen molar-refractivity contribution in [1.82, 2.24) is 10.2 Å². The van der Waals surface area contributed by atoms with Gasteiger partial charge in [-0.3, -0.25) is 9.59 Å². The number of rotatable bonds is 8. The van der Waals surface area contributed by atoms with E-state index in [0.717, 1.165) is 43.5 Å². The fourth-order valence-corrected chi connectivity index (χ4v) is 4.74. The molecule has 2 aliphatic carbocycles. The molecule has 33 heavy (non-hydrogen) atoms. The van der Waals surface area contributed by atoms with E-state index < -0.39 is 6.10 Å². The number of hydrogen-bond acceptors (Lipinski definition) is 3. The van der Waals surface area contributed by atoms with E-state index in [4.69, 9.17) is 4.74 Å². The van der Waals surface area contributed by atoms with E-state index in [2.05, 4.69) is 53.5 Å². The van der Waals surface area contributed by atoms with Crippen molar-refractivity contribution in [3.63, 3.8) is 0 Å². The van der Waals surface area contributed by atoms with Crippen LogP contribution in [-0.2, 0) is 16.0 Å². The Morgan fingerprint density at radius 3 is 2.52 bits per heavy atom. The van der Waals surface area contributed by atoms with Crippen molar-refractivity contribution in [2.45, 2.75) is 64.5 Å². The highest BCUT2D eigenvalue weighted by Gasteiger charge is 2.39. The number of fused-ring (bicyclic) bond motifs is 1. The largest absolute Gasteiger partial charge is 0.481 e. The SMILES string of the molecule is CC[C@@H](Oc1ccc2c(c1)[C@@H](c1ccc(C)cc1)N(C(=O)C1CC1)CC2)C(=O)NCC1CC1. The van der Waals surface area contributed by atoms with E-state index in [1.54, 1.807) is 0 Å². The Bertz CT molecular complexity index is 1020. The van der Waals surface area contributed by atoms with Crippen LogP contribution in [0, 0.1) is 18.8 Å². The van der Waals surface area contributed by atoms with Gasteiger partial charge >= 0.3 is 0 Å². The summed E-state index contributed by atoms with van der Waals surface area (Å²) in [4.78, 5) is 27.9. The molecule has 3 aliphatic rings. The van der Waals surface area contributed by atoms with Crippen molar-refractivity contribution in [3.8, 4) is 5.75 Å². The topological polar surface area (TPSA) is 58.6 Å². The molecule has 0 unspecified atom stereocenters. The van der Waals surface area contributed by atoms with Crippen LogP contribution in [0.5, 0.6) is 5.75 Å². The molecule has 5 heteroatoms. The van der Waals surface area contributed by atoms with Crippen LogP contribution in [-0.4, -0.2) is 35.9 Å². The van der Waals surface area contributed by atoms with Gasteiger partial charge in [0.1, 0.15) is 5.75 Å². The van der Waals surface area contributed by atoms with Crippen molar-refractivity contribution < 1.29 is 14.3 Å². The lowest BCUT2D eigenvalue weighted by atomic mass is 9.87. The quantitative estimate of drug-likeness (QED) is 0.647. The molecule has 5 nitrogen and oxygen atoms in total. The van der Waals surface area contributed by atoms with Gasteiger partial charge in [0.05, 0.1) is 6.04 Å². The summed E-state index contributed by atoms with van der Waals surface area (Å²) in [7, 11) is 0. The molecular formula is C28H34N2O3. The molecule has 1 heterocycles. The number of nitrogens with one attached hydrogen (secondary N) is 1. The third-order valence-electron chi connectivity index (χ3n) is 7.15. The summed E-state index contributed by atoms with van der Waals surface area (Å²) in [5.74, 6) is 1.74. The Kier molecular flexibility index (Phi) is 6.13. The van der Waals surface area contributed by atoms with Crippen LogP contribution in [0.3, 0.4) is 0 Å². The number of hydrogen-bond donors (Lipinski definition) is 1. The summed E-state index contributed by atoms with van der Waals surface area (Å²) < 4.78 is 6.19. The van der Waals surface area contributed by atoms with Crippen molar-refractivity contribution in [1.29, 1.82) is 0 Å². The number of amides is 2. The molecule has 0 saturated heterocycles. The minimum atomic E-state index is -0.507. The van der Waals surface area contributed by atoms with Crippen LogP contribution in [0.1, 0.15) is 67.3 Å². The van der Waals surface area contributed by atoms with Crippen molar-refractivity contribution in [3.05, 3.63) is 64.7 Å². The van der Waals surface area contributed by atoms with Gasteiger partial charge in [0.15, 0.2) is 6.10 Å². The molecule has 0 aromatic heterocycles. The van der Waals surface area contributed by atoms with Gasteiger partial charge in [-0.05, 0) is 80.2 Å². The van der Waals surface area contributed by atoms with E-state index in [9.17, 15) is 9.59 Å². The zero-order chi connectivity index (χ0) is 22.9. The lowest BCUT2D eigenvalue weighted by Crippen LogP contribution is -2.41. The Hall–Kier alpha value is -2.82. The normalized spacial score (nSPS) is 20.7. The third-order valence-corrected chi connectivity index (χ3v) is 7.15. The van der Waals surface area contributed by atoms with Gasteiger partial charge in [0.2, 0.25) is 5.91 Å². The number of ether oxygens (including phenoxy) is 1. The number of benzene rings is 2. The summed E-state index contributed by atoms with van der Waals surface area (Å²) in [5, 5.41) is 3.04. The van der Waals surface area contributed by atoms with Gasteiger partial charge in [0.25, 0.3) is 5.91 Å². The summed E-state index contributed by atoms with van der Waals surface area (Å²) in [6.07, 6.45) is 5.36. The lowest BCUT2D eigenvalue weighted by Gasteiger charge is -2.38. The van der Waals surface area contributed by atoms with Crippen molar-refractivity contribution >= 4 is 11.8 Å². The fourth-order valence-electron chi connectivity index (χ4n) is 4.74. The molecule has 2 aromatic rings. The maximum atomic E-state index is 13.2. The van der Waals surface area contributed by atoms with E-state index in [-0.39, 0.29) is 23.8 Å². The highest BCUT2D eigenvalue weighted by Crippen LogP contribution is 2.41. The predicted molar refractivity (Wildman–Crippen MR) is 128 cm³/mol. The Balaban J connectivity index is 1.42. The first-order chi connectivity index (χ1) is 16.0. The van der Waals surface area contributed by atoms with Gasteiger partial charge < -0.3 is 15.0 Å². The molecular weight excluding hydrogens is 412 g/mol. The van der Waals surface area contributed by atoms with Gasteiger partial charge in [-0.2, -0.15) is 0 Å². The first-order valence-corrected chi connectivity index (χ1v) is 12.5. The van der Waals surface area contributed by atoms with Crippen LogP contribution in [0.25, 0.3) is 0 Å². The standard InChI is InChI=1S/C28H34N2O3/c1-3-25(27(31)29-17-19-6-7-19)33-23-13-12-20-14-15-30(28(32)22-10-11-22)26(24(20)16-23)21-8-4-18(2)5-9-21/h4-5,8-9,12-13,16,19,22,25-26H,3,6-7,10-11,14-15,17H2,1-2H3,(H,29,31)/t25-,26-/m1/s1. The van der Waals surface area contributed by atoms with Crippen LogP contribution in [0.2, 0.25) is 0 Å². The van der Waals surface area contributed by atoms with E-state index in [1.807, 2.05) is 13.0 Å². The zero-order valence-corrected chi connectivity index (χ0v) is 19.7. The minimum absolute atomic E-state index is 0.0391. The minimum Gasteiger partial charge on any atom is -0.481 e. The van der Waals surface area contributed by atoms with Gasteiger partial charge in [-0.1, -0.05) is 42.8 Å². The second kappa shape index (κ2) is 9.20. The first kappa shape index (κ1) is 22.0. The van der Waals surface area contributed by atoms with Crippen molar-refractivity contribution in [2.24, 2.45) is 11.8 Å². The molecule has 2 saturated carbocycles. The van der Waals surface area contributed by atoms with Crippen LogP contribution in [0.15, 0.2) is 42.5 Å². The smallest absolute Gasteiger partial charge is 0.261 e. The molecule has 0 radical (unpaired) electrons. The predicted octanol–water partition coefficient (Wildman–Crippen LogP) is 4.56. The number of carbonyl (C=O) groups excluding carboxylic acids is 2. The lowest BCUT2D eigenvalue weighted by molar-refractivity contribution is -0.134. The summed E-state index contributed by atoms with van der Waals surface area (Å²) >= 11 is 0. The second-order valence-electron chi connectivity index (χ2n) is 9.93. The fraction of sp³-hybridized carbons (Fsp3) is 0.500. The molecule has 2 aromatic carbocycles. The Labute approximate surface area is 196 Å². The number of carbonyl (C=O) groups is 2. The monoisotopic (exact) mass is 446 g/mol. The van der Waals surface area contributed by atoms with E-state index in [1.165, 1.54) is 24.0 Å². The molecule has 2 amide bonds. The Morgan fingerprint density at radius 2 is 1.85 bits per heavy atom. The summed E-state index contributed by atoms with van der Waals surface area (Å²) in [6.45, 7) is 5.54. The van der Waals surface area contributed by atoms with Crippen molar-refractivity contribution in [2.75, 3.05) is 13.1 Å². The molecule has 0 bridgehead atoms. The molecule has 2 atom stereocenters. The molecule has 5 rings (SSSR count). The third kappa shape index (κ3) is 4.92. The van der Waals surface area contributed by atoms with Crippen LogP contribution >= 0.6 is 0 Å². The average Bonchev–Trinajstić information content (AvgIpc) is 3.74. The Morgan fingerprint density at radius 1 is 1.09 bits per heavy atom. The first-order valence-electron chi connectivity index (χ1n) is 12.5. The van der Waals surface area contributed by atoms with E-state index in [0.29, 0.717) is 18.1 Å². The maximum Gasteiger partial charge on any atom is 0.261 e. The average molecular weight is 447 g/mol. The highest BCUT2D eigenvalue weighted by atomic mass is 16.5. The molecule has 174 valence electrons. The second-order valence-corrected chi connectivity index (χ2v) is 9.93. The molecule has 0 spiro atoms. The molecule has 2 fully saturated rings. The van der Waals surface area contributed by atoms with Crippen LogP contribution < -0.4 is 10.1 Å². The number of nitrogens with zero attached hydrogens (tertiary/aromatic N) is 1. The van der Waals surface area contributed by atoms with Gasteiger partial charge in [0, 0.05) is 19.0 Å². The van der Waals surface area contributed by atoms with Gasteiger partial charge in [-0.15, -0.1) is 0 Å². The summed E-state index contributed by atoms with van der Waals surface area (Å²) in [6, 6.07) is 14.5. The zero-order valence-electron chi connectivity index (χ0n) is 19.7. The molecule has 1 N–H and O–H groups in total. The summed E-state index contributed by atoms with van der Waals surface area (Å²) in [5.41, 5.74) is 4.70. The number of aryl methyl sites for hydroxylation is 1. The maximum absolute atomic E-state index is 13.2.